The highest BCUT2D eigenvalue weighted by Crippen LogP contribution is 2.60. The maximum atomic E-state index is 10.6. The highest BCUT2D eigenvalue weighted by Gasteiger charge is 2.48. The lowest BCUT2D eigenvalue weighted by atomic mass is 9.67. The Balaban J connectivity index is 1.33. The van der Waals surface area contributed by atoms with Crippen molar-refractivity contribution in [2.24, 2.45) is 0 Å². The summed E-state index contributed by atoms with van der Waals surface area (Å²) in [5, 5.41) is 12.9. The number of hydrogen-bond donors (Lipinski definition) is 0. The van der Waals surface area contributed by atoms with Gasteiger partial charge in [0.05, 0.1) is 29.3 Å². The molecule has 2 atom stereocenters. The monoisotopic (exact) mass is 652 g/mol. The number of hydrogen-bond acceptors (Lipinski definition) is 3. The van der Waals surface area contributed by atoms with Gasteiger partial charge in [-0.25, -0.2) is 6.57 Å². The molecule has 2 heterocycles. The van der Waals surface area contributed by atoms with E-state index in [4.69, 9.17) is 6.57 Å². The van der Waals surface area contributed by atoms with Crippen molar-refractivity contribution in [1.29, 1.82) is 5.26 Å². The van der Waals surface area contributed by atoms with Crippen LogP contribution in [0.25, 0.3) is 26.7 Å². The number of para-hydroxylation sites is 2. The van der Waals surface area contributed by atoms with Crippen LogP contribution in [0.15, 0.2) is 158 Å². The molecule has 7 aromatic rings. The largest absolute Gasteiger partial charge is 0.324 e. The van der Waals surface area contributed by atoms with Gasteiger partial charge in [-0.2, -0.15) is 5.26 Å². The lowest BCUT2D eigenvalue weighted by Gasteiger charge is -2.35. The zero-order chi connectivity index (χ0) is 34.1. The zero-order valence-corrected chi connectivity index (χ0v) is 27.9. The van der Waals surface area contributed by atoms with Gasteiger partial charge in [0, 0.05) is 23.2 Å². The fourth-order valence-electron chi connectivity index (χ4n) is 9.23. The maximum Gasteiger partial charge on any atom is 0.306 e. The van der Waals surface area contributed by atoms with Crippen LogP contribution in [-0.4, -0.2) is 12.2 Å². The van der Waals surface area contributed by atoms with Crippen molar-refractivity contribution in [2.75, 3.05) is 9.80 Å². The van der Waals surface area contributed by atoms with Crippen LogP contribution in [0, 0.1) is 17.9 Å². The molecule has 7 aromatic carbocycles. The summed E-state index contributed by atoms with van der Waals surface area (Å²) >= 11 is 0. The van der Waals surface area contributed by atoms with Crippen molar-refractivity contribution in [3.63, 3.8) is 0 Å². The molecule has 51 heavy (non-hydrogen) atoms. The minimum atomic E-state index is -0.670. The molecule has 0 amide bonds. The van der Waals surface area contributed by atoms with Gasteiger partial charge in [0.15, 0.2) is 0 Å². The lowest BCUT2D eigenvalue weighted by Crippen LogP contribution is -2.30. The van der Waals surface area contributed by atoms with Gasteiger partial charge in [-0.15, -0.1) is 0 Å². The van der Waals surface area contributed by atoms with Crippen LogP contribution in [0.4, 0.5) is 22.7 Å². The Hall–Kier alpha value is -6.62. The topological polar surface area (TPSA) is 34.6 Å². The van der Waals surface area contributed by atoms with Crippen molar-refractivity contribution in [2.45, 2.75) is 30.5 Å². The molecule has 0 saturated carbocycles. The second-order valence-corrected chi connectivity index (χ2v) is 13.7. The summed E-state index contributed by atoms with van der Waals surface area (Å²) in [5.41, 5.74) is 13.1. The van der Waals surface area contributed by atoms with E-state index in [2.05, 4.69) is 178 Å². The summed E-state index contributed by atoms with van der Waals surface area (Å²) in [5.74, 6) is 0. The minimum absolute atomic E-state index is 0.308. The molecule has 0 bridgehead atoms. The first-order valence-electron chi connectivity index (χ1n) is 17.5. The second kappa shape index (κ2) is 11.2. The van der Waals surface area contributed by atoms with Crippen molar-refractivity contribution >= 4 is 33.5 Å². The van der Waals surface area contributed by atoms with Crippen LogP contribution in [0.5, 0.6) is 0 Å². The molecule has 0 radical (unpaired) electrons. The highest BCUT2D eigenvalue weighted by molar-refractivity contribution is 6.10. The Labute approximate surface area is 297 Å². The third kappa shape index (κ3) is 4.05. The third-order valence-electron chi connectivity index (χ3n) is 11.3. The Kier molecular flexibility index (Phi) is 6.44. The predicted octanol–water partition coefficient (Wildman–Crippen LogP) is 10.7. The lowest BCUT2D eigenvalue weighted by molar-refractivity contribution is 0.764. The standard InChI is InChI=1S/C47H32N4/c1-49-45-27-32-15-9-13-23-43(32)51(45)35-24-25-39-40(28-35)47(33-16-4-2-5-17-33,34-18-6-3-7-19-34)41-29-44(37-20-10-11-21-38(37)46(39)41)50-36(30-48)26-31-14-8-12-22-42(31)50/h2-25,28-29,36,45H,26-27H2. The van der Waals surface area contributed by atoms with E-state index < -0.39 is 5.41 Å². The molecule has 10 rings (SSSR count). The maximum absolute atomic E-state index is 10.6. The van der Waals surface area contributed by atoms with Crippen LogP contribution in [-0.2, 0) is 18.3 Å². The summed E-state index contributed by atoms with van der Waals surface area (Å²) in [4.78, 5) is 8.62. The molecular weight excluding hydrogens is 621 g/mol. The summed E-state index contributed by atoms with van der Waals surface area (Å²) in [6.07, 6.45) is 1.08. The molecule has 4 nitrogen and oxygen atoms in total. The normalized spacial score (nSPS) is 17.7. The smallest absolute Gasteiger partial charge is 0.306 e. The molecule has 1 aliphatic carbocycles. The number of nitrogens with zero attached hydrogens (tertiary/aromatic N) is 4. The van der Waals surface area contributed by atoms with E-state index in [1.165, 1.54) is 49.9 Å². The van der Waals surface area contributed by atoms with Crippen LogP contribution in [0.2, 0.25) is 0 Å². The highest BCUT2D eigenvalue weighted by atomic mass is 15.3. The van der Waals surface area contributed by atoms with Gasteiger partial charge in [-0.1, -0.05) is 127 Å². The first kappa shape index (κ1) is 29.3. The minimum Gasteiger partial charge on any atom is -0.324 e. The van der Waals surface area contributed by atoms with Crippen molar-refractivity contribution in [3.05, 3.63) is 203 Å². The van der Waals surface area contributed by atoms with Gasteiger partial charge in [-0.3, -0.25) is 9.74 Å². The van der Waals surface area contributed by atoms with Crippen molar-refractivity contribution in [1.82, 2.24) is 0 Å². The Bertz CT molecular complexity index is 2560. The van der Waals surface area contributed by atoms with Crippen molar-refractivity contribution < 1.29 is 0 Å². The van der Waals surface area contributed by atoms with Crippen molar-refractivity contribution in [3.8, 4) is 17.2 Å². The van der Waals surface area contributed by atoms with Gasteiger partial charge in [0.25, 0.3) is 0 Å². The van der Waals surface area contributed by atoms with Gasteiger partial charge in [0.2, 0.25) is 0 Å². The molecule has 2 aliphatic heterocycles. The van der Waals surface area contributed by atoms with Crippen LogP contribution >= 0.6 is 0 Å². The second-order valence-electron chi connectivity index (χ2n) is 13.7. The van der Waals surface area contributed by atoms with Crippen LogP contribution in [0.1, 0.15) is 33.4 Å². The zero-order valence-electron chi connectivity index (χ0n) is 27.9. The number of nitriles is 1. The quantitative estimate of drug-likeness (QED) is 0.178. The van der Waals surface area contributed by atoms with Gasteiger partial charge < -0.3 is 4.90 Å². The summed E-state index contributed by atoms with van der Waals surface area (Å²) in [6, 6.07) is 58.9. The molecule has 0 fully saturated rings. The van der Waals surface area contributed by atoms with E-state index in [0.717, 1.165) is 28.1 Å². The predicted molar refractivity (Wildman–Crippen MR) is 206 cm³/mol. The molecular formula is C47H32N4. The third-order valence-corrected chi connectivity index (χ3v) is 11.3. The number of fused-ring (bicyclic) bond motifs is 7. The molecule has 0 aromatic heterocycles. The van der Waals surface area contributed by atoms with Gasteiger partial charge in [0.1, 0.15) is 6.04 Å². The van der Waals surface area contributed by atoms with Gasteiger partial charge in [-0.05, 0) is 80.2 Å². The first-order chi connectivity index (χ1) is 25.2. The van der Waals surface area contributed by atoms with E-state index in [-0.39, 0.29) is 12.2 Å². The van der Waals surface area contributed by atoms with Crippen LogP contribution < -0.4 is 9.80 Å². The fraction of sp³-hybridized carbons (Fsp3) is 0.106. The van der Waals surface area contributed by atoms with E-state index in [1.54, 1.807) is 0 Å². The molecule has 0 N–H and O–H groups in total. The molecule has 0 saturated heterocycles. The van der Waals surface area contributed by atoms with Crippen LogP contribution in [0.3, 0.4) is 0 Å². The molecule has 2 unspecified atom stereocenters. The molecule has 240 valence electrons. The number of anilines is 4. The summed E-state index contributed by atoms with van der Waals surface area (Å²) in [6.45, 7) is 8.20. The molecule has 0 spiro atoms. The number of benzene rings is 7. The molecule has 4 heteroatoms. The Morgan fingerprint density at radius 1 is 0.588 bits per heavy atom. The van der Waals surface area contributed by atoms with E-state index in [1.807, 2.05) is 0 Å². The average Bonchev–Trinajstić information content (AvgIpc) is 3.86. The Morgan fingerprint density at radius 3 is 1.84 bits per heavy atom. The summed E-state index contributed by atoms with van der Waals surface area (Å²) in [7, 11) is 0. The van der Waals surface area contributed by atoms with E-state index >= 15 is 0 Å². The average molecular weight is 653 g/mol. The van der Waals surface area contributed by atoms with Gasteiger partial charge >= 0.3 is 6.17 Å². The summed E-state index contributed by atoms with van der Waals surface area (Å²) < 4.78 is 0. The SMILES string of the molecule is [C-]#[N+]C1Cc2ccccc2N1c1ccc2c(c1)C(c1ccccc1)(c1ccccc1)c1cc(N3c4ccccc4CC3C#N)c3ccccc3c1-2. The Morgan fingerprint density at radius 2 is 1.18 bits per heavy atom. The van der Waals surface area contributed by atoms with E-state index in [0.29, 0.717) is 12.8 Å². The fourth-order valence-corrected chi connectivity index (χ4v) is 9.23. The van der Waals surface area contributed by atoms with E-state index in [9.17, 15) is 5.26 Å². The number of rotatable bonds is 4. The molecule has 3 aliphatic rings. The first-order valence-corrected chi connectivity index (χ1v) is 17.5.